The number of hydrogen-bond donors (Lipinski definition) is 3. The lowest BCUT2D eigenvalue weighted by atomic mass is 10.0. The number of amides is 2. The minimum Gasteiger partial charge on any atom is -0.339 e. The molecule has 23 heavy (non-hydrogen) atoms. The van der Waals surface area contributed by atoms with Crippen LogP contribution in [0.4, 0.5) is 5.69 Å². The molecule has 0 aliphatic heterocycles. The average molecular weight is 332 g/mol. The standard InChI is InChI=1S/C14H16N6O2S/c1-4-11(21)16-14(2,3)12(22)15-9-6-5-7-10(8-9)20-13(23)17-18-19-20/h4-8H,1H2,2-3H3,(H,15,22)(H,16,21)(H,17,19,23). The number of carbonyl (C=O) groups excluding carboxylic acids is 2. The van der Waals surface area contributed by atoms with Crippen molar-refractivity contribution in [2.24, 2.45) is 0 Å². The zero-order chi connectivity index (χ0) is 17.0. The molecule has 0 bridgehead atoms. The van der Waals surface area contributed by atoms with Crippen LogP contribution in [0.1, 0.15) is 13.8 Å². The molecule has 0 saturated heterocycles. The fourth-order valence-electron chi connectivity index (χ4n) is 1.77. The summed E-state index contributed by atoms with van der Waals surface area (Å²) in [4.78, 5) is 23.7. The van der Waals surface area contributed by atoms with Gasteiger partial charge in [0.15, 0.2) is 0 Å². The quantitative estimate of drug-likeness (QED) is 0.559. The molecule has 120 valence electrons. The van der Waals surface area contributed by atoms with Crippen molar-refractivity contribution in [2.75, 3.05) is 5.32 Å². The van der Waals surface area contributed by atoms with E-state index in [1.165, 1.54) is 4.68 Å². The number of nitrogens with one attached hydrogen (secondary N) is 2. The number of thiol groups is 1. The van der Waals surface area contributed by atoms with Gasteiger partial charge in [-0.3, -0.25) is 9.59 Å². The van der Waals surface area contributed by atoms with Crippen LogP contribution in [0.25, 0.3) is 5.69 Å². The van der Waals surface area contributed by atoms with Gasteiger partial charge in [-0.1, -0.05) is 12.6 Å². The van der Waals surface area contributed by atoms with E-state index >= 15 is 0 Å². The van der Waals surface area contributed by atoms with Crippen LogP contribution in [-0.4, -0.2) is 37.6 Å². The second kappa shape index (κ2) is 6.61. The highest BCUT2D eigenvalue weighted by Crippen LogP contribution is 2.17. The summed E-state index contributed by atoms with van der Waals surface area (Å²) >= 11 is 4.14. The highest BCUT2D eigenvalue weighted by molar-refractivity contribution is 7.80. The Morgan fingerprint density at radius 2 is 2.13 bits per heavy atom. The van der Waals surface area contributed by atoms with Crippen LogP contribution in [0, 0.1) is 0 Å². The third kappa shape index (κ3) is 3.95. The first-order valence-corrected chi connectivity index (χ1v) is 7.12. The third-order valence-corrected chi connectivity index (χ3v) is 3.27. The Labute approximate surface area is 138 Å². The molecule has 2 amide bonds. The monoisotopic (exact) mass is 332 g/mol. The van der Waals surface area contributed by atoms with Gasteiger partial charge >= 0.3 is 0 Å². The smallest absolute Gasteiger partial charge is 0.249 e. The van der Waals surface area contributed by atoms with E-state index in [1.54, 1.807) is 38.1 Å². The summed E-state index contributed by atoms with van der Waals surface area (Å²) in [6, 6.07) is 6.93. The number of nitrogens with zero attached hydrogens (tertiary/aromatic N) is 4. The van der Waals surface area contributed by atoms with Gasteiger partial charge in [-0.05, 0) is 48.5 Å². The Hall–Kier alpha value is -2.68. The lowest BCUT2D eigenvalue weighted by Gasteiger charge is -2.24. The largest absolute Gasteiger partial charge is 0.339 e. The second-order valence-electron chi connectivity index (χ2n) is 5.21. The Kier molecular flexibility index (Phi) is 4.80. The Bertz CT molecular complexity index is 755. The van der Waals surface area contributed by atoms with Gasteiger partial charge in [0.25, 0.3) is 0 Å². The van der Waals surface area contributed by atoms with Gasteiger partial charge in [-0.15, -0.1) is 17.7 Å². The van der Waals surface area contributed by atoms with Gasteiger partial charge in [0.2, 0.25) is 17.0 Å². The molecule has 0 aliphatic rings. The van der Waals surface area contributed by atoms with Crippen LogP contribution >= 0.6 is 12.6 Å². The Balaban J connectivity index is 2.17. The molecule has 1 heterocycles. The SMILES string of the molecule is C=CC(=O)NC(C)(C)C(=O)Nc1cccc(-n2nnnc2S)c1. The van der Waals surface area contributed by atoms with E-state index in [1.807, 2.05) is 0 Å². The summed E-state index contributed by atoms with van der Waals surface area (Å²) in [7, 11) is 0. The van der Waals surface area contributed by atoms with Crippen molar-refractivity contribution in [2.45, 2.75) is 24.5 Å². The van der Waals surface area contributed by atoms with E-state index in [0.29, 0.717) is 16.5 Å². The van der Waals surface area contributed by atoms with Gasteiger partial charge < -0.3 is 10.6 Å². The normalized spacial score (nSPS) is 10.9. The first-order chi connectivity index (χ1) is 10.8. The van der Waals surface area contributed by atoms with Gasteiger partial charge in [-0.2, -0.15) is 4.68 Å². The van der Waals surface area contributed by atoms with Crippen LogP contribution in [0.2, 0.25) is 0 Å². The molecular weight excluding hydrogens is 316 g/mol. The summed E-state index contributed by atoms with van der Waals surface area (Å²) in [5.74, 6) is -0.792. The number of hydrogen-bond acceptors (Lipinski definition) is 6. The maximum absolute atomic E-state index is 12.3. The number of rotatable bonds is 5. The fourth-order valence-corrected chi connectivity index (χ4v) is 1.96. The van der Waals surface area contributed by atoms with E-state index in [9.17, 15) is 9.59 Å². The first kappa shape index (κ1) is 16.7. The molecule has 2 N–H and O–H groups in total. The van der Waals surface area contributed by atoms with Crippen molar-refractivity contribution >= 4 is 30.1 Å². The number of tetrazole rings is 1. The molecule has 0 fully saturated rings. The molecule has 2 aromatic rings. The summed E-state index contributed by atoms with van der Waals surface area (Å²) in [5, 5.41) is 16.6. The molecule has 0 saturated carbocycles. The topological polar surface area (TPSA) is 102 Å². The lowest BCUT2D eigenvalue weighted by molar-refractivity contribution is -0.126. The van der Waals surface area contributed by atoms with Crippen LogP contribution in [0.3, 0.4) is 0 Å². The van der Waals surface area contributed by atoms with Gasteiger partial charge in [-0.25, -0.2) is 0 Å². The molecule has 0 atom stereocenters. The summed E-state index contributed by atoms with van der Waals surface area (Å²) in [6.07, 6.45) is 1.11. The number of carbonyl (C=O) groups is 2. The molecule has 8 nitrogen and oxygen atoms in total. The maximum atomic E-state index is 12.3. The van der Waals surface area contributed by atoms with Crippen LogP contribution in [0.15, 0.2) is 42.1 Å². The van der Waals surface area contributed by atoms with Crippen molar-refractivity contribution in [1.29, 1.82) is 0 Å². The van der Waals surface area contributed by atoms with Crippen molar-refractivity contribution in [3.05, 3.63) is 36.9 Å². The van der Waals surface area contributed by atoms with Crippen molar-refractivity contribution in [3.63, 3.8) is 0 Å². The van der Waals surface area contributed by atoms with Crippen molar-refractivity contribution < 1.29 is 9.59 Å². The molecule has 1 aromatic carbocycles. The van der Waals surface area contributed by atoms with Gasteiger partial charge in [0.05, 0.1) is 5.69 Å². The highest BCUT2D eigenvalue weighted by atomic mass is 32.1. The van der Waals surface area contributed by atoms with Crippen molar-refractivity contribution in [3.8, 4) is 5.69 Å². The van der Waals surface area contributed by atoms with Gasteiger partial charge in [0, 0.05) is 5.69 Å². The van der Waals surface area contributed by atoms with Crippen LogP contribution in [0.5, 0.6) is 0 Å². The predicted molar refractivity (Wildman–Crippen MR) is 87.5 cm³/mol. The lowest BCUT2D eigenvalue weighted by Crippen LogP contribution is -2.51. The van der Waals surface area contributed by atoms with E-state index < -0.39 is 11.4 Å². The third-order valence-electron chi connectivity index (χ3n) is 2.99. The molecule has 0 radical (unpaired) electrons. The van der Waals surface area contributed by atoms with Crippen molar-refractivity contribution in [1.82, 2.24) is 25.5 Å². The molecule has 0 aliphatic carbocycles. The first-order valence-electron chi connectivity index (χ1n) is 6.67. The number of anilines is 1. The van der Waals surface area contributed by atoms with E-state index in [-0.39, 0.29) is 5.91 Å². The van der Waals surface area contributed by atoms with E-state index in [2.05, 4.69) is 45.4 Å². The predicted octanol–water partition coefficient (Wildman–Crippen LogP) is 0.970. The van der Waals surface area contributed by atoms with Crippen LogP contribution < -0.4 is 10.6 Å². The summed E-state index contributed by atoms with van der Waals surface area (Å²) in [6.45, 7) is 6.56. The number of benzene rings is 1. The average Bonchev–Trinajstić information content (AvgIpc) is 2.93. The molecule has 2 rings (SSSR count). The minimum atomic E-state index is -1.09. The summed E-state index contributed by atoms with van der Waals surface area (Å²) in [5.41, 5.74) is 0.0903. The zero-order valence-corrected chi connectivity index (χ0v) is 13.5. The van der Waals surface area contributed by atoms with E-state index in [0.717, 1.165) is 6.08 Å². The van der Waals surface area contributed by atoms with Gasteiger partial charge in [0.1, 0.15) is 5.54 Å². The van der Waals surface area contributed by atoms with E-state index in [4.69, 9.17) is 0 Å². The molecule has 0 spiro atoms. The second-order valence-corrected chi connectivity index (χ2v) is 5.61. The minimum absolute atomic E-state index is 0.326. The Morgan fingerprint density at radius 1 is 1.39 bits per heavy atom. The van der Waals surface area contributed by atoms with Crippen LogP contribution in [-0.2, 0) is 9.59 Å². The summed E-state index contributed by atoms with van der Waals surface area (Å²) < 4.78 is 1.42. The maximum Gasteiger partial charge on any atom is 0.249 e. The molecular formula is C14H16N6O2S. The fraction of sp³-hybridized carbons (Fsp3) is 0.214. The Morgan fingerprint density at radius 3 is 2.74 bits per heavy atom. The number of aromatic nitrogens is 4. The molecule has 9 heteroatoms. The molecule has 1 aromatic heterocycles. The zero-order valence-electron chi connectivity index (χ0n) is 12.6. The highest BCUT2D eigenvalue weighted by Gasteiger charge is 2.28. The molecule has 0 unspecified atom stereocenters.